The highest BCUT2D eigenvalue weighted by Crippen LogP contribution is 2.30. The number of aliphatic hydroxyl groups excluding tert-OH is 1. The quantitative estimate of drug-likeness (QED) is 0.832. The number of nitrogens with one attached hydrogen (secondary N) is 1. The van der Waals surface area contributed by atoms with Crippen LogP contribution in [-0.2, 0) is 6.61 Å². The molecule has 3 heterocycles. The third kappa shape index (κ3) is 2.67. The molecular weight excluding hydrogens is 330 g/mol. The zero-order chi connectivity index (χ0) is 18.0. The lowest BCUT2D eigenvalue weighted by Crippen LogP contribution is -2.44. The van der Waals surface area contributed by atoms with Gasteiger partial charge in [0.15, 0.2) is 11.9 Å². The first-order chi connectivity index (χ1) is 12.7. The van der Waals surface area contributed by atoms with E-state index in [4.69, 9.17) is 15.5 Å². The highest BCUT2D eigenvalue weighted by Gasteiger charge is 2.43. The van der Waals surface area contributed by atoms with Gasteiger partial charge in [-0.25, -0.2) is 4.98 Å². The highest BCUT2D eigenvalue weighted by molar-refractivity contribution is 6.38. The zero-order valence-corrected chi connectivity index (χ0v) is 13.6. The minimum Gasteiger partial charge on any atom is -0.392 e. The highest BCUT2D eigenvalue weighted by atomic mass is 16.3. The molecule has 26 heavy (non-hydrogen) atoms. The fourth-order valence-corrected chi connectivity index (χ4v) is 2.68. The molecule has 2 aliphatic heterocycles. The lowest BCUT2D eigenvalue weighted by atomic mass is 10.2. The Morgan fingerprint density at radius 2 is 2.00 bits per heavy atom. The van der Waals surface area contributed by atoms with E-state index in [9.17, 15) is 0 Å². The average molecular weight is 344 g/mol. The molecule has 2 N–H and O–H groups in total. The van der Waals surface area contributed by atoms with E-state index in [1.807, 2.05) is 30.3 Å². The molecule has 0 saturated carbocycles. The van der Waals surface area contributed by atoms with Gasteiger partial charge in [-0.2, -0.15) is 10.3 Å². The second-order valence-electron chi connectivity index (χ2n) is 5.65. The Labute approximate surface area is 149 Å². The molecule has 0 radical (unpaired) electrons. The number of hydrogen-bond donors (Lipinski definition) is 2. The summed E-state index contributed by atoms with van der Waals surface area (Å²) < 4.78 is -0.000729. The molecule has 1 aromatic heterocycles. The number of nitrogens with zero attached hydrogens (tertiary/aromatic N) is 6. The van der Waals surface area contributed by atoms with Crippen LogP contribution >= 0.6 is 0 Å². The van der Waals surface area contributed by atoms with E-state index < -0.39 is 0 Å². The van der Waals surface area contributed by atoms with Crippen LogP contribution in [0.4, 0.5) is 11.4 Å². The summed E-state index contributed by atoms with van der Waals surface area (Å²) in [5, 5.41) is 25.9. The predicted molar refractivity (Wildman–Crippen MR) is 99.2 cm³/mol. The van der Waals surface area contributed by atoms with E-state index in [-0.39, 0.29) is 11.2 Å². The molecule has 0 bridgehead atoms. The van der Waals surface area contributed by atoms with Crippen molar-refractivity contribution >= 4 is 29.4 Å². The average Bonchev–Trinajstić information content (AvgIpc) is 3.07. The van der Waals surface area contributed by atoms with Crippen LogP contribution in [0.1, 0.15) is 11.3 Å². The Kier molecular flexibility index (Phi) is 3.85. The van der Waals surface area contributed by atoms with Crippen LogP contribution < -0.4 is 9.91 Å². The molecule has 0 spiro atoms. The summed E-state index contributed by atoms with van der Waals surface area (Å²) in [5.41, 5.74) is 2.72. The first kappa shape index (κ1) is 15.8. The summed E-state index contributed by atoms with van der Waals surface area (Å²) >= 11 is 0. The summed E-state index contributed by atoms with van der Waals surface area (Å²) in [5.74, 6) is 1.05. The number of nitriles is 1. The van der Waals surface area contributed by atoms with Crippen LogP contribution in [0.3, 0.4) is 0 Å². The third-order valence-corrected chi connectivity index (χ3v) is 4.03. The van der Waals surface area contributed by atoms with E-state index in [1.54, 1.807) is 36.9 Å². The van der Waals surface area contributed by atoms with Crippen molar-refractivity contribution < 1.29 is 5.11 Å². The van der Waals surface area contributed by atoms with Crippen molar-refractivity contribution in [3.05, 3.63) is 66.3 Å². The normalized spacial score (nSPS) is 20.2. The number of aliphatic hydroxyl groups is 1. The van der Waals surface area contributed by atoms with Crippen molar-refractivity contribution in [3.8, 4) is 6.07 Å². The van der Waals surface area contributed by atoms with Crippen LogP contribution in [0.5, 0.6) is 0 Å². The summed E-state index contributed by atoms with van der Waals surface area (Å²) in [7, 11) is 0. The van der Waals surface area contributed by atoms with E-state index >= 15 is 0 Å². The Balaban J connectivity index is 1.69. The molecule has 1 unspecified atom stereocenters. The zero-order valence-electron chi connectivity index (χ0n) is 13.6. The topological polar surface area (TPSA) is 106 Å². The molecule has 8 heteroatoms. The van der Waals surface area contributed by atoms with E-state index in [2.05, 4.69) is 20.3 Å². The van der Waals surface area contributed by atoms with Crippen LogP contribution in [-0.4, -0.2) is 28.1 Å². The smallest absolute Gasteiger partial charge is 0.287 e. The second kappa shape index (κ2) is 6.33. The third-order valence-electron chi connectivity index (χ3n) is 4.03. The molecular formula is C18H14N7O+. The van der Waals surface area contributed by atoms with Gasteiger partial charge >= 0.3 is 0 Å². The molecule has 1 atom stereocenters. The largest absolute Gasteiger partial charge is 0.392 e. The van der Waals surface area contributed by atoms with Crippen molar-refractivity contribution in [1.82, 2.24) is 9.58 Å². The maximum absolute atomic E-state index is 9.13. The molecule has 4 rings (SSSR count). The van der Waals surface area contributed by atoms with Crippen molar-refractivity contribution in [2.45, 2.75) is 6.61 Å². The van der Waals surface area contributed by atoms with Crippen LogP contribution in [0.25, 0.3) is 0 Å². The SMILES string of the molecule is N#Cc1ccc([N+]23C=CN=CC2=NC(Nc2ccc(CO)cc2)=N3)cn1. The van der Waals surface area contributed by atoms with Gasteiger partial charge in [-0.15, -0.1) is 0 Å². The van der Waals surface area contributed by atoms with Crippen molar-refractivity contribution in [3.63, 3.8) is 0 Å². The van der Waals surface area contributed by atoms with Gasteiger partial charge in [-0.1, -0.05) is 16.7 Å². The van der Waals surface area contributed by atoms with Gasteiger partial charge in [0.05, 0.1) is 19.0 Å². The summed E-state index contributed by atoms with van der Waals surface area (Å²) in [4.78, 5) is 12.8. The minimum atomic E-state index is -0.00349. The number of pyridine rings is 1. The molecule has 0 aliphatic carbocycles. The van der Waals surface area contributed by atoms with Crippen molar-refractivity contribution in [2.75, 3.05) is 5.32 Å². The number of aromatic nitrogens is 1. The van der Waals surface area contributed by atoms with Crippen LogP contribution in [0.2, 0.25) is 0 Å². The van der Waals surface area contributed by atoms with E-state index in [0.717, 1.165) is 16.9 Å². The monoisotopic (exact) mass is 344 g/mol. The van der Waals surface area contributed by atoms with Gasteiger partial charge in [-0.3, -0.25) is 4.99 Å². The number of amidine groups is 1. The van der Waals surface area contributed by atoms with Crippen molar-refractivity contribution in [1.29, 1.82) is 5.26 Å². The molecule has 8 nitrogen and oxygen atoms in total. The number of rotatable bonds is 3. The van der Waals surface area contributed by atoms with Gasteiger partial charge in [0.1, 0.15) is 18.0 Å². The van der Waals surface area contributed by atoms with E-state index in [0.29, 0.717) is 17.5 Å². The lowest BCUT2D eigenvalue weighted by Gasteiger charge is -2.23. The molecule has 1 aromatic carbocycles. The summed E-state index contributed by atoms with van der Waals surface area (Å²) in [6, 6.07) is 12.8. The number of anilines is 1. The second-order valence-corrected chi connectivity index (χ2v) is 5.65. The molecule has 0 fully saturated rings. The minimum absolute atomic E-state index is 0.000729. The van der Waals surface area contributed by atoms with Crippen LogP contribution in [0.15, 0.2) is 70.1 Å². The maximum Gasteiger partial charge on any atom is 0.287 e. The first-order valence-electron chi connectivity index (χ1n) is 7.86. The number of hydrogen-bond acceptors (Lipinski definition) is 7. The molecule has 2 aromatic rings. The fourth-order valence-electron chi connectivity index (χ4n) is 2.68. The first-order valence-corrected chi connectivity index (χ1v) is 7.86. The standard InChI is InChI=1S/C18H14N7O/c19-9-15-5-6-16(10-21-15)25-8-7-20-11-17(25)23-18(24-25)22-14-3-1-13(12-26)2-4-14/h1-8,10-11,26H,12H2,(H,22,24)/q+1. The predicted octanol–water partition coefficient (Wildman–Crippen LogP) is 2.10. The fraction of sp³-hybridized carbons (Fsp3) is 0.0556. The molecule has 2 aliphatic rings. The number of aliphatic imine (C=N–C) groups is 2. The molecule has 126 valence electrons. The van der Waals surface area contributed by atoms with Gasteiger partial charge in [0.25, 0.3) is 11.8 Å². The molecule has 0 saturated heterocycles. The maximum atomic E-state index is 9.13. The van der Waals surface area contributed by atoms with Crippen LogP contribution in [0, 0.1) is 11.3 Å². The van der Waals surface area contributed by atoms with Gasteiger partial charge in [0.2, 0.25) is 0 Å². The Morgan fingerprint density at radius 3 is 2.69 bits per heavy atom. The Hall–Kier alpha value is -3.67. The Bertz CT molecular complexity index is 997. The Morgan fingerprint density at radius 1 is 1.15 bits per heavy atom. The van der Waals surface area contributed by atoms with Gasteiger partial charge < -0.3 is 10.4 Å². The molecule has 0 amide bonds. The number of fused-ring (bicyclic) bond motifs is 1. The van der Waals surface area contributed by atoms with E-state index in [1.165, 1.54) is 0 Å². The van der Waals surface area contributed by atoms with Gasteiger partial charge in [0, 0.05) is 11.8 Å². The summed E-state index contributed by atoms with van der Waals surface area (Å²) in [6.07, 6.45) is 6.70. The lowest BCUT2D eigenvalue weighted by molar-refractivity contribution is 0.282. The number of quaternary nitrogens is 1. The number of benzene rings is 1. The number of guanidine groups is 1. The van der Waals surface area contributed by atoms with Crippen molar-refractivity contribution in [2.24, 2.45) is 15.1 Å². The van der Waals surface area contributed by atoms with Gasteiger partial charge in [-0.05, 0) is 28.9 Å². The summed E-state index contributed by atoms with van der Waals surface area (Å²) in [6.45, 7) is -0.00349.